The van der Waals surface area contributed by atoms with E-state index >= 15 is 0 Å². The molecule has 7 heteroatoms. The number of nitrogens with zero attached hydrogens (tertiary/aromatic N) is 1. The predicted octanol–water partition coefficient (Wildman–Crippen LogP) is 4.02. The number of aliphatic carboxylic acids is 1. The van der Waals surface area contributed by atoms with E-state index in [9.17, 15) is 14.4 Å². The average Bonchev–Trinajstić information content (AvgIpc) is 3.62. The summed E-state index contributed by atoms with van der Waals surface area (Å²) in [6, 6.07) is 16.2. The Morgan fingerprint density at radius 2 is 1.64 bits per heavy atom. The summed E-state index contributed by atoms with van der Waals surface area (Å²) < 4.78 is 5.66. The second-order valence-corrected chi connectivity index (χ2v) is 8.96. The van der Waals surface area contributed by atoms with Crippen LogP contribution in [-0.4, -0.2) is 53.2 Å². The van der Waals surface area contributed by atoms with Crippen molar-refractivity contribution < 1.29 is 24.2 Å². The smallest absolute Gasteiger partial charge is 0.408 e. The Balaban J connectivity index is 1.45. The topological polar surface area (TPSA) is 95.9 Å². The highest BCUT2D eigenvalue weighted by atomic mass is 16.5. The first-order valence-corrected chi connectivity index (χ1v) is 11.5. The van der Waals surface area contributed by atoms with Crippen LogP contribution in [0, 0.1) is 5.92 Å². The molecule has 2 aromatic carbocycles. The van der Waals surface area contributed by atoms with Crippen LogP contribution >= 0.6 is 0 Å². The van der Waals surface area contributed by atoms with Crippen molar-refractivity contribution in [1.29, 1.82) is 0 Å². The summed E-state index contributed by atoms with van der Waals surface area (Å²) >= 11 is 0. The molecule has 2 aliphatic rings. The van der Waals surface area contributed by atoms with Crippen LogP contribution in [-0.2, 0) is 14.3 Å². The number of alkyl carbamates (subject to hydrolysis) is 1. The fourth-order valence-corrected chi connectivity index (χ4v) is 4.80. The monoisotopic (exact) mass is 450 g/mol. The standard InChI is InChI=1S/C26H30N2O5/c1-3-28(15-14-23(29)30)24(31)26(2,17-12-13-17)27-25(32)33-16-22-20-10-6-4-8-18(20)19-9-5-7-11-21(19)22/h4-11,17,22H,3,12-16H2,1-2H3,(H,27,32)(H,29,30). The van der Waals surface area contributed by atoms with Gasteiger partial charge in [0.05, 0.1) is 6.42 Å². The lowest BCUT2D eigenvalue weighted by atomic mass is 9.93. The number of ether oxygens (including phenoxy) is 1. The van der Waals surface area contributed by atoms with Gasteiger partial charge in [0.2, 0.25) is 5.91 Å². The van der Waals surface area contributed by atoms with Gasteiger partial charge >= 0.3 is 12.1 Å². The minimum atomic E-state index is -1.11. The van der Waals surface area contributed by atoms with E-state index in [0.717, 1.165) is 35.1 Å². The van der Waals surface area contributed by atoms with E-state index in [2.05, 4.69) is 29.6 Å². The number of hydrogen-bond acceptors (Lipinski definition) is 4. The highest BCUT2D eigenvalue weighted by Crippen LogP contribution is 2.45. The summed E-state index contributed by atoms with van der Waals surface area (Å²) in [5.74, 6) is -1.26. The number of carboxylic acid groups (broad SMARTS) is 1. The number of carbonyl (C=O) groups excluding carboxylic acids is 2. The number of amides is 2. The molecule has 7 nitrogen and oxygen atoms in total. The second kappa shape index (κ2) is 9.25. The van der Waals surface area contributed by atoms with Crippen molar-refractivity contribution in [2.75, 3.05) is 19.7 Å². The van der Waals surface area contributed by atoms with Gasteiger partial charge in [0, 0.05) is 19.0 Å². The number of hydrogen-bond donors (Lipinski definition) is 2. The van der Waals surface area contributed by atoms with Crippen molar-refractivity contribution in [3.8, 4) is 11.1 Å². The molecule has 2 N–H and O–H groups in total. The van der Waals surface area contributed by atoms with Gasteiger partial charge in [0.25, 0.3) is 0 Å². The van der Waals surface area contributed by atoms with Gasteiger partial charge < -0.3 is 20.1 Å². The van der Waals surface area contributed by atoms with Crippen LogP contribution in [0.2, 0.25) is 0 Å². The molecule has 0 bridgehead atoms. The molecule has 2 aromatic rings. The lowest BCUT2D eigenvalue weighted by Gasteiger charge is -2.34. The fourth-order valence-electron chi connectivity index (χ4n) is 4.80. The molecule has 1 atom stereocenters. The van der Waals surface area contributed by atoms with Gasteiger partial charge in [-0.1, -0.05) is 48.5 Å². The lowest BCUT2D eigenvalue weighted by molar-refractivity contribution is -0.141. The highest BCUT2D eigenvalue weighted by molar-refractivity contribution is 5.90. The highest BCUT2D eigenvalue weighted by Gasteiger charge is 2.50. The van der Waals surface area contributed by atoms with Gasteiger partial charge in [0.1, 0.15) is 12.1 Å². The molecule has 0 aliphatic heterocycles. The van der Waals surface area contributed by atoms with Crippen molar-refractivity contribution in [3.63, 3.8) is 0 Å². The first-order valence-electron chi connectivity index (χ1n) is 11.5. The molecule has 2 amide bonds. The molecule has 1 unspecified atom stereocenters. The third-order valence-electron chi connectivity index (χ3n) is 6.81. The SMILES string of the molecule is CCN(CCC(=O)O)C(=O)C(C)(NC(=O)OCC1c2ccccc2-c2ccccc21)C1CC1. The molecule has 4 rings (SSSR count). The summed E-state index contributed by atoms with van der Waals surface area (Å²) in [6.07, 6.45) is 0.907. The third-order valence-corrected chi connectivity index (χ3v) is 6.81. The molecular weight excluding hydrogens is 420 g/mol. The number of rotatable bonds is 9. The molecule has 0 spiro atoms. The van der Waals surface area contributed by atoms with Crippen LogP contribution in [0.3, 0.4) is 0 Å². The maximum Gasteiger partial charge on any atom is 0.408 e. The fraction of sp³-hybridized carbons (Fsp3) is 0.423. The number of likely N-dealkylation sites (N-methyl/N-ethyl adjacent to an activating group) is 1. The predicted molar refractivity (Wildman–Crippen MR) is 124 cm³/mol. The number of benzene rings is 2. The Kier molecular flexibility index (Phi) is 6.40. The molecule has 0 aromatic heterocycles. The van der Waals surface area contributed by atoms with Crippen molar-refractivity contribution in [2.24, 2.45) is 5.92 Å². The second-order valence-electron chi connectivity index (χ2n) is 8.96. The largest absolute Gasteiger partial charge is 0.481 e. The molecule has 0 saturated heterocycles. The quantitative estimate of drug-likeness (QED) is 0.602. The van der Waals surface area contributed by atoms with Crippen molar-refractivity contribution in [3.05, 3.63) is 59.7 Å². The van der Waals surface area contributed by atoms with E-state index in [1.165, 1.54) is 4.90 Å². The van der Waals surface area contributed by atoms with E-state index in [0.29, 0.717) is 6.54 Å². The Hall–Kier alpha value is -3.35. The maximum absolute atomic E-state index is 13.3. The summed E-state index contributed by atoms with van der Waals surface area (Å²) in [7, 11) is 0. The molecule has 1 fully saturated rings. The van der Waals surface area contributed by atoms with Gasteiger partial charge in [-0.15, -0.1) is 0 Å². The van der Waals surface area contributed by atoms with Crippen LogP contribution in [0.25, 0.3) is 11.1 Å². The molecule has 0 heterocycles. The summed E-state index contributed by atoms with van der Waals surface area (Å²) in [4.78, 5) is 38.6. The van der Waals surface area contributed by atoms with E-state index in [4.69, 9.17) is 9.84 Å². The number of fused-ring (bicyclic) bond motifs is 3. The first kappa shape index (κ1) is 22.8. The van der Waals surface area contributed by atoms with E-state index in [1.54, 1.807) is 13.8 Å². The summed E-state index contributed by atoms with van der Waals surface area (Å²) in [5.41, 5.74) is 3.43. The zero-order valence-corrected chi connectivity index (χ0v) is 19.0. The van der Waals surface area contributed by atoms with Crippen molar-refractivity contribution in [2.45, 2.75) is 44.6 Å². The minimum Gasteiger partial charge on any atom is -0.481 e. The molecule has 174 valence electrons. The van der Waals surface area contributed by atoms with Crippen molar-refractivity contribution in [1.82, 2.24) is 10.2 Å². The summed E-state index contributed by atoms with van der Waals surface area (Å²) in [5, 5.41) is 11.8. The third kappa shape index (κ3) is 4.58. The van der Waals surface area contributed by atoms with E-state index < -0.39 is 17.6 Å². The molecular formula is C26H30N2O5. The first-order chi connectivity index (χ1) is 15.8. The van der Waals surface area contributed by atoms with Crippen LogP contribution in [0.15, 0.2) is 48.5 Å². The van der Waals surface area contributed by atoms with Crippen molar-refractivity contribution >= 4 is 18.0 Å². The zero-order chi connectivity index (χ0) is 23.6. The van der Waals surface area contributed by atoms with Crippen LogP contribution in [0.1, 0.15) is 50.2 Å². The van der Waals surface area contributed by atoms with Gasteiger partial charge in [-0.05, 0) is 54.9 Å². The average molecular weight is 451 g/mol. The Bertz CT molecular complexity index is 1020. The molecule has 33 heavy (non-hydrogen) atoms. The number of nitrogens with one attached hydrogen (secondary N) is 1. The van der Waals surface area contributed by atoms with E-state index in [1.807, 2.05) is 24.3 Å². The molecule has 2 aliphatic carbocycles. The summed E-state index contributed by atoms with van der Waals surface area (Å²) in [6.45, 7) is 4.18. The van der Waals surface area contributed by atoms with Crippen LogP contribution < -0.4 is 5.32 Å². The number of carboxylic acids is 1. The van der Waals surface area contributed by atoms with Gasteiger partial charge in [-0.2, -0.15) is 0 Å². The minimum absolute atomic E-state index is 0.0179. The van der Waals surface area contributed by atoms with Crippen LogP contribution in [0.5, 0.6) is 0 Å². The van der Waals surface area contributed by atoms with Crippen LogP contribution in [0.4, 0.5) is 4.79 Å². The van der Waals surface area contributed by atoms with E-state index in [-0.39, 0.29) is 37.3 Å². The van der Waals surface area contributed by atoms with Gasteiger partial charge in [-0.25, -0.2) is 4.79 Å². The van der Waals surface area contributed by atoms with Gasteiger partial charge in [0.15, 0.2) is 0 Å². The lowest BCUT2D eigenvalue weighted by Crippen LogP contribution is -2.59. The van der Waals surface area contributed by atoms with Gasteiger partial charge in [-0.3, -0.25) is 9.59 Å². The molecule has 0 radical (unpaired) electrons. The zero-order valence-electron chi connectivity index (χ0n) is 19.0. The Morgan fingerprint density at radius 1 is 1.06 bits per heavy atom. The normalized spacial score (nSPS) is 16.3. The molecule has 1 saturated carbocycles. The Morgan fingerprint density at radius 3 is 2.15 bits per heavy atom. The Labute approximate surface area is 193 Å². The maximum atomic E-state index is 13.3. The number of carbonyl (C=O) groups is 3.